The molecule has 1 aromatic carbocycles. The van der Waals surface area contributed by atoms with Crippen LogP contribution in [0, 0.1) is 0 Å². The molecule has 0 unspecified atom stereocenters. The summed E-state index contributed by atoms with van der Waals surface area (Å²) in [5.41, 5.74) is 2.51. The van der Waals surface area contributed by atoms with Crippen LogP contribution in [0.15, 0.2) is 30.3 Å². The highest BCUT2D eigenvalue weighted by Gasteiger charge is 2.20. The molecule has 1 amide bonds. The van der Waals surface area contributed by atoms with E-state index in [2.05, 4.69) is 20.8 Å². The molecule has 1 aliphatic heterocycles. The van der Waals surface area contributed by atoms with E-state index in [1.54, 1.807) is 0 Å². The predicted molar refractivity (Wildman–Crippen MR) is 78.3 cm³/mol. The van der Waals surface area contributed by atoms with E-state index in [1.165, 1.54) is 0 Å². The average Bonchev–Trinajstić information content (AvgIpc) is 2.96. The normalized spacial score (nSPS) is 13.5. The van der Waals surface area contributed by atoms with Gasteiger partial charge in [-0.05, 0) is 12.1 Å². The van der Waals surface area contributed by atoms with Crippen LogP contribution in [0.1, 0.15) is 21.7 Å². The van der Waals surface area contributed by atoms with Crippen LogP contribution < -0.4 is 15.4 Å². The third kappa shape index (κ3) is 3.22. The van der Waals surface area contributed by atoms with Gasteiger partial charge in [0.25, 0.3) is 5.91 Å². The van der Waals surface area contributed by atoms with Crippen molar-refractivity contribution in [3.8, 4) is 5.75 Å². The number of hydrogen-bond acceptors (Lipinski definition) is 4. The summed E-state index contributed by atoms with van der Waals surface area (Å²) in [7, 11) is 0. The van der Waals surface area contributed by atoms with Gasteiger partial charge in [0.2, 0.25) is 0 Å². The molecule has 0 fully saturated rings. The first-order valence-electron chi connectivity index (χ1n) is 7.07. The quantitative estimate of drug-likeness (QED) is 0.712. The number of ether oxygens (including phenoxy) is 1. The zero-order valence-electron chi connectivity index (χ0n) is 11.7. The number of carbonyl (C=O) groups is 1. The van der Waals surface area contributed by atoms with Crippen molar-refractivity contribution < 1.29 is 9.53 Å². The second kappa shape index (κ2) is 6.41. The van der Waals surface area contributed by atoms with Crippen LogP contribution in [-0.2, 0) is 13.0 Å². The largest absolute Gasteiger partial charge is 0.492 e. The molecule has 1 aliphatic rings. The van der Waals surface area contributed by atoms with Gasteiger partial charge in [-0.15, -0.1) is 0 Å². The van der Waals surface area contributed by atoms with Gasteiger partial charge in [0.05, 0.1) is 6.54 Å². The van der Waals surface area contributed by atoms with Crippen molar-refractivity contribution in [2.75, 3.05) is 19.7 Å². The lowest BCUT2D eigenvalue weighted by atomic mass is 10.1. The minimum atomic E-state index is -0.159. The summed E-state index contributed by atoms with van der Waals surface area (Å²) in [6.45, 7) is 2.49. The molecule has 3 rings (SSSR count). The zero-order valence-corrected chi connectivity index (χ0v) is 11.7. The minimum absolute atomic E-state index is 0.159. The number of rotatable bonds is 5. The fraction of sp³-hybridized carbons (Fsp3) is 0.333. The molecule has 6 nitrogen and oxygen atoms in total. The standard InChI is InChI=1S/C15H18N4O2/c20-15(14-12-10-16-7-6-13(12)18-19-14)17-8-9-21-11-4-2-1-3-5-11/h1-5,16H,6-10H2,(H,17,20)(H,18,19). The third-order valence-corrected chi connectivity index (χ3v) is 3.42. The number of aromatic nitrogens is 2. The molecule has 0 atom stereocenters. The smallest absolute Gasteiger partial charge is 0.272 e. The molecule has 0 saturated carbocycles. The Labute approximate surface area is 122 Å². The van der Waals surface area contributed by atoms with Gasteiger partial charge in [-0.1, -0.05) is 18.2 Å². The van der Waals surface area contributed by atoms with Crippen molar-refractivity contribution in [3.05, 3.63) is 47.3 Å². The first-order chi connectivity index (χ1) is 10.3. The maximum absolute atomic E-state index is 12.1. The van der Waals surface area contributed by atoms with E-state index in [0.29, 0.717) is 25.4 Å². The molecule has 0 aliphatic carbocycles. The minimum Gasteiger partial charge on any atom is -0.492 e. The second-order valence-electron chi connectivity index (χ2n) is 4.87. The Balaban J connectivity index is 1.49. The van der Waals surface area contributed by atoms with Crippen LogP contribution in [0.3, 0.4) is 0 Å². The van der Waals surface area contributed by atoms with E-state index >= 15 is 0 Å². The summed E-state index contributed by atoms with van der Waals surface area (Å²) in [6.07, 6.45) is 0.882. The lowest BCUT2D eigenvalue weighted by molar-refractivity contribution is 0.0941. The Bertz CT molecular complexity index is 609. The van der Waals surface area contributed by atoms with E-state index in [1.807, 2.05) is 30.3 Å². The van der Waals surface area contributed by atoms with Crippen LogP contribution in [0.5, 0.6) is 5.75 Å². The van der Waals surface area contributed by atoms with Crippen molar-refractivity contribution in [3.63, 3.8) is 0 Å². The van der Waals surface area contributed by atoms with Gasteiger partial charge >= 0.3 is 0 Å². The molecule has 0 saturated heterocycles. The van der Waals surface area contributed by atoms with Crippen LogP contribution in [0.2, 0.25) is 0 Å². The van der Waals surface area contributed by atoms with E-state index in [0.717, 1.165) is 30.0 Å². The van der Waals surface area contributed by atoms with Crippen molar-refractivity contribution in [2.24, 2.45) is 0 Å². The van der Waals surface area contributed by atoms with E-state index in [9.17, 15) is 4.79 Å². The topological polar surface area (TPSA) is 79.0 Å². The third-order valence-electron chi connectivity index (χ3n) is 3.42. The van der Waals surface area contributed by atoms with Gasteiger partial charge in [0.15, 0.2) is 5.69 Å². The fourth-order valence-electron chi connectivity index (χ4n) is 2.35. The number of amides is 1. The number of hydrogen-bond donors (Lipinski definition) is 3. The molecular weight excluding hydrogens is 268 g/mol. The van der Waals surface area contributed by atoms with Gasteiger partial charge in [0, 0.05) is 30.8 Å². The number of carbonyl (C=O) groups excluding carboxylic acids is 1. The number of H-pyrrole nitrogens is 1. The van der Waals surface area contributed by atoms with Crippen LogP contribution in [0.4, 0.5) is 0 Å². The summed E-state index contributed by atoms with van der Waals surface area (Å²) in [4.78, 5) is 12.1. The summed E-state index contributed by atoms with van der Waals surface area (Å²) in [5, 5.41) is 13.1. The maximum Gasteiger partial charge on any atom is 0.272 e. The van der Waals surface area contributed by atoms with Crippen LogP contribution in [0.25, 0.3) is 0 Å². The first kappa shape index (κ1) is 13.6. The Morgan fingerprint density at radius 1 is 1.33 bits per heavy atom. The van der Waals surface area contributed by atoms with Gasteiger partial charge in [-0.2, -0.15) is 5.10 Å². The second-order valence-corrected chi connectivity index (χ2v) is 4.87. The highest BCUT2D eigenvalue weighted by molar-refractivity contribution is 5.94. The predicted octanol–water partition coefficient (Wildman–Crippen LogP) is 0.864. The van der Waals surface area contributed by atoms with Crippen LogP contribution in [-0.4, -0.2) is 35.8 Å². The molecule has 6 heteroatoms. The Morgan fingerprint density at radius 3 is 3.05 bits per heavy atom. The maximum atomic E-state index is 12.1. The van der Waals surface area contributed by atoms with Crippen molar-refractivity contribution in [2.45, 2.75) is 13.0 Å². The van der Waals surface area contributed by atoms with E-state index in [4.69, 9.17) is 4.74 Å². The lowest BCUT2D eigenvalue weighted by Crippen LogP contribution is -2.31. The van der Waals surface area contributed by atoms with Crippen LogP contribution >= 0.6 is 0 Å². The molecule has 0 bridgehead atoms. The first-order valence-corrected chi connectivity index (χ1v) is 7.07. The number of benzene rings is 1. The van der Waals surface area contributed by atoms with E-state index < -0.39 is 0 Å². The zero-order chi connectivity index (χ0) is 14.5. The highest BCUT2D eigenvalue weighted by Crippen LogP contribution is 2.15. The Kier molecular flexibility index (Phi) is 4.16. The van der Waals surface area contributed by atoms with E-state index in [-0.39, 0.29) is 5.91 Å². The molecule has 21 heavy (non-hydrogen) atoms. The highest BCUT2D eigenvalue weighted by atomic mass is 16.5. The molecule has 0 spiro atoms. The number of fused-ring (bicyclic) bond motifs is 1. The van der Waals surface area contributed by atoms with Gasteiger partial charge < -0.3 is 15.4 Å². The number of aromatic amines is 1. The molecule has 1 aromatic heterocycles. The number of nitrogens with zero attached hydrogens (tertiary/aromatic N) is 1. The average molecular weight is 286 g/mol. The number of para-hydroxylation sites is 1. The summed E-state index contributed by atoms with van der Waals surface area (Å²) in [5.74, 6) is 0.640. The van der Waals surface area contributed by atoms with Gasteiger partial charge in [-0.3, -0.25) is 9.89 Å². The summed E-state index contributed by atoms with van der Waals surface area (Å²) >= 11 is 0. The molecule has 110 valence electrons. The van der Waals surface area contributed by atoms with Crippen molar-refractivity contribution >= 4 is 5.91 Å². The molecule has 2 aromatic rings. The Hall–Kier alpha value is -2.34. The molecule has 2 heterocycles. The SMILES string of the molecule is O=C(NCCOc1ccccc1)c1n[nH]c2c1CNCC2. The monoisotopic (exact) mass is 286 g/mol. The molecule has 3 N–H and O–H groups in total. The summed E-state index contributed by atoms with van der Waals surface area (Å²) in [6, 6.07) is 9.53. The Morgan fingerprint density at radius 2 is 2.19 bits per heavy atom. The van der Waals surface area contributed by atoms with Crippen molar-refractivity contribution in [1.29, 1.82) is 0 Å². The summed E-state index contributed by atoms with van der Waals surface area (Å²) < 4.78 is 5.53. The lowest BCUT2D eigenvalue weighted by Gasteiger charge is -2.13. The number of nitrogens with one attached hydrogen (secondary N) is 3. The fourth-order valence-corrected chi connectivity index (χ4v) is 2.35. The molecular formula is C15H18N4O2. The van der Waals surface area contributed by atoms with Gasteiger partial charge in [0.1, 0.15) is 12.4 Å². The van der Waals surface area contributed by atoms with Gasteiger partial charge in [-0.25, -0.2) is 0 Å². The molecule has 0 radical (unpaired) electrons. The van der Waals surface area contributed by atoms with Crippen molar-refractivity contribution in [1.82, 2.24) is 20.8 Å².